The largest absolute Gasteiger partial charge is 0.454 e. The van der Waals surface area contributed by atoms with Crippen LogP contribution in [0.15, 0.2) is 48.5 Å². The second-order valence-electron chi connectivity index (χ2n) is 4.40. The topological polar surface area (TPSA) is 98.0 Å². The summed E-state index contributed by atoms with van der Waals surface area (Å²) in [5.41, 5.74) is 2.90. The molecule has 0 aliphatic heterocycles. The molecule has 0 saturated heterocycles. The summed E-state index contributed by atoms with van der Waals surface area (Å²) >= 11 is 0. The Labute approximate surface area is 121 Å². The van der Waals surface area contributed by atoms with Crippen LogP contribution in [-0.2, 0) is 16.6 Å². The van der Waals surface area contributed by atoms with Crippen molar-refractivity contribution < 1.29 is 19.8 Å². The summed E-state index contributed by atoms with van der Waals surface area (Å²) in [6.45, 7) is 0. The van der Waals surface area contributed by atoms with Crippen LogP contribution in [0.3, 0.4) is 0 Å². The van der Waals surface area contributed by atoms with Gasteiger partial charge in [-0.15, -0.1) is 0 Å². The highest BCUT2D eigenvalue weighted by Gasteiger charge is 2.02. The molecule has 2 aromatic carbocycles. The lowest BCUT2D eigenvalue weighted by Gasteiger charge is -2.05. The molecular formula is C15H12N2O4. The molecule has 6 nitrogen and oxygen atoms in total. The predicted octanol–water partition coefficient (Wildman–Crippen LogP) is 3.20. The van der Waals surface area contributed by atoms with Crippen LogP contribution < -0.4 is 10.6 Å². The first-order valence-electron chi connectivity index (χ1n) is 6.17. The maximum absolute atomic E-state index is 10.4. The van der Waals surface area contributed by atoms with Crippen molar-refractivity contribution in [3.8, 4) is 0 Å². The van der Waals surface area contributed by atoms with Crippen molar-refractivity contribution in [1.82, 2.24) is 0 Å². The van der Waals surface area contributed by atoms with Crippen LogP contribution in [0.2, 0.25) is 0 Å². The van der Waals surface area contributed by atoms with Crippen molar-refractivity contribution in [2.24, 2.45) is 0 Å². The quantitative estimate of drug-likeness (QED) is 0.901. The molecule has 0 aromatic heterocycles. The van der Waals surface area contributed by atoms with Crippen LogP contribution in [-0.4, -0.2) is 12.2 Å². The molecule has 2 radical (unpaired) electrons. The molecule has 0 atom stereocenters. The van der Waals surface area contributed by atoms with Crippen molar-refractivity contribution in [1.29, 1.82) is 0 Å². The molecule has 21 heavy (non-hydrogen) atoms. The number of nitrogens with one attached hydrogen (secondary N) is 2. The summed E-state index contributed by atoms with van der Waals surface area (Å²) in [5.74, 6) is 0. The van der Waals surface area contributed by atoms with Gasteiger partial charge in [0, 0.05) is 11.4 Å². The molecule has 2 rings (SSSR count). The summed E-state index contributed by atoms with van der Waals surface area (Å²) in [5, 5.41) is 25.1. The third-order valence-corrected chi connectivity index (χ3v) is 2.81. The summed E-state index contributed by atoms with van der Waals surface area (Å²) in [6.07, 6.45) is -2.05. The van der Waals surface area contributed by atoms with Crippen molar-refractivity contribution in [2.75, 3.05) is 10.6 Å². The van der Waals surface area contributed by atoms with Gasteiger partial charge < -0.3 is 0 Å². The summed E-state index contributed by atoms with van der Waals surface area (Å²) in [7, 11) is 0. The first-order chi connectivity index (χ1) is 10.0. The molecule has 0 unspecified atom stereocenters. The fraction of sp³-hybridized carbons (Fsp3) is 0.0667. The van der Waals surface area contributed by atoms with E-state index in [1.807, 2.05) is 0 Å². The number of anilines is 2. The van der Waals surface area contributed by atoms with E-state index in [1.54, 1.807) is 48.5 Å². The van der Waals surface area contributed by atoms with Gasteiger partial charge in [-0.2, -0.15) is 0 Å². The van der Waals surface area contributed by atoms with Crippen molar-refractivity contribution in [3.63, 3.8) is 0 Å². The lowest BCUT2D eigenvalue weighted by Crippen LogP contribution is -2.05. The van der Waals surface area contributed by atoms with Gasteiger partial charge in [0.05, 0.1) is 0 Å². The minimum atomic E-state index is -1.35. The van der Waals surface area contributed by atoms with E-state index >= 15 is 0 Å². The predicted molar refractivity (Wildman–Crippen MR) is 75.1 cm³/mol. The SMILES string of the molecule is [O]C(=O)Nc1ccc(Cc2ccc(NC([O])=O)cc2)cc1. The number of hydrogen-bond acceptors (Lipinski definition) is 2. The standard InChI is InChI=1S/C15H12N2O4/c18-14(19)16-12-5-1-10(2-6-12)9-11-3-7-13(8-4-11)17-15(20)21/h1-8,16-17H,9H2. The molecule has 0 bridgehead atoms. The van der Waals surface area contributed by atoms with Gasteiger partial charge in [-0.3, -0.25) is 10.6 Å². The zero-order chi connectivity index (χ0) is 15.2. The normalized spacial score (nSPS) is 9.90. The van der Waals surface area contributed by atoms with E-state index in [2.05, 4.69) is 10.6 Å². The highest BCUT2D eigenvalue weighted by Crippen LogP contribution is 2.16. The van der Waals surface area contributed by atoms with Crippen LogP contribution in [0.25, 0.3) is 0 Å². The first kappa shape index (κ1) is 14.4. The van der Waals surface area contributed by atoms with Gasteiger partial charge in [-0.25, -0.2) is 19.8 Å². The van der Waals surface area contributed by atoms with Crippen LogP contribution in [0.5, 0.6) is 0 Å². The molecule has 0 fully saturated rings. The molecule has 2 aromatic rings. The molecule has 0 aliphatic rings. The van der Waals surface area contributed by atoms with E-state index in [1.165, 1.54) is 0 Å². The fourth-order valence-corrected chi connectivity index (χ4v) is 1.88. The summed E-state index contributed by atoms with van der Waals surface area (Å²) in [4.78, 5) is 20.8. The van der Waals surface area contributed by atoms with Gasteiger partial charge in [0.2, 0.25) is 0 Å². The van der Waals surface area contributed by atoms with Gasteiger partial charge in [-0.1, -0.05) is 24.3 Å². The number of amides is 2. The van der Waals surface area contributed by atoms with Crippen molar-refractivity contribution >= 4 is 23.6 Å². The van der Waals surface area contributed by atoms with Crippen LogP contribution >= 0.6 is 0 Å². The molecule has 2 amide bonds. The average Bonchev–Trinajstić information content (AvgIpc) is 2.42. The molecule has 2 N–H and O–H groups in total. The zero-order valence-electron chi connectivity index (χ0n) is 11.0. The molecule has 0 heterocycles. The van der Waals surface area contributed by atoms with Gasteiger partial charge in [0.25, 0.3) is 0 Å². The molecular weight excluding hydrogens is 272 g/mol. The van der Waals surface area contributed by atoms with Crippen molar-refractivity contribution in [3.05, 3.63) is 59.7 Å². The fourth-order valence-electron chi connectivity index (χ4n) is 1.88. The zero-order valence-corrected chi connectivity index (χ0v) is 11.0. The Hall–Kier alpha value is -3.02. The highest BCUT2D eigenvalue weighted by atomic mass is 16.4. The lowest BCUT2D eigenvalue weighted by molar-refractivity contribution is 0.184. The smallest absolute Gasteiger partial charge is 0.288 e. The molecule has 0 saturated carbocycles. The Kier molecular flexibility index (Phi) is 4.40. The Morgan fingerprint density at radius 2 is 1.00 bits per heavy atom. The van der Waals surface area contributed by atoms with Gasteiger partial charge in [0.1, 0.15) is 0 Å². The number of carbonyl (C=O) groups excluding carboxylic acids is 2. The molecule has 0 spiro atoms. The third-order valence-electron chi connectivity index (χ3n) is 2.81. The van der Waals surface area contributed by atoms with E-state index < -0.39 is 12.2 Å². The van der Waals surface area contributed by atoms with Crippen molar-refractivity contribution in [2.45, 2.75) is 6.42 Å². The summed E-state index contributed by atoms with van der Waals surface area (Å²) in [6, 6.07) is 13.8. The Morgan fingerprint density at radius 3 is 1.29 bits per heavy atom. The van der Waals surface area contributed by atoms with E-state index in [-0.39, 0.29) is 0 Å². The van der Waals surface area contributed by atoms with Gasteiger partial charge in [0.15, 0.2) is 0 Å². The van der Waals surface area contributed by atoms with Crippen LogP contribution in [0.1, 0.15) is 11.1 Å². The minimum Gasteiger partial charge on any atom is -0.288 e. The van der Waals surface area contributed by atoms with Gasteiger partial charge in [-0.05, 0) is 41.8 Å². The maximum Gasteiger partial charge on any atom is 0.454 e. The Morgan fingerprint density at radius 1 is 0.667 bits per heavy atom. The average molecular weight is 284 g/mol. The second kappa shape index (κ2) is 6.42. The number of carbonyl (C=O) groups is 2. The molecule has 0 aliphatic carbocycles. The first-order valence-corrected chi connectivity index (χ1v) is 6.17. The Balaban J connectivity index is 2.01. The van der Waals surface area contributed by atoms with Gasteiger partial charge >= 0.3 is 12.2 Å². The van der Waals surface area contributed by atoms with E-state index in [9.17, 15) is 19.8 Å². The van der Waals surface area contributed by atoms with E-state index in [4.69, 9.17) is 0 Å². The maximum atomic E-state index is 10.4. The monoisotopic (exact) mass is 284 g/mol. The third kappa shape index (κ3) is 4.54. The van der Waals surface area contributed by atoms with E-state index in [0.717, 1.165) is 11.1 Å². The Bertz CT molecular complexity index is 578. The van der Waals surface area contributed by atoms with E-state index in [0.29, 0.717) is 17.8 Å². The van der Waals surface area contributed by atoms with Crippen LogP contribution in [0, 0.1) is 0 Å². The minimum absolute atomic E-state index is 0.451. The lowest BCUT2D eigenvalue weighted by atomic mass is 10.0. The number of benzene rings is 2. The summed E-state index contributed by atoms with van der Waals surface area (Å²) < 4.78 is 0. The second-order valence-corrected chi connectivity index (χ2v) is 4.40. The number of rotatable bonds is 4. The molecule has 106 valence electrons. The van der Waals surface area contributed by atoms with Crippen LogP contribution in [0.4, 0.5) is 21.0 Å². The highest BCUT2D eigenvalue weighted by molar-refractivity contribution is 5.83. The molecule has 6 heteroatoms. The number of hydrogen-bond donors (Lipinski definition) is 2.